The van der Waals surface area contributed by atoms with Gasteiger partial charge in [0, 0.05) is 12.1 Å². The molecule has 0 heterocycles. The molecule has 3 aromatic rings. The fourth-order valence-corrected chi connectivity index (χ4v) is 5.26. The maximum atomic E-state index is 13.9. The van der Waals surface area contributed by atoms with Crippen LogP contribution in [0.5, 0.6) is 5.75 Å². The number of rotatable bonds is 12. The summed E-state index contributed by atoms with van der Waals surface area (Å²) in [5, 5.41) is 2.97. The lowest BCUT2D eigenvalue weighted by Crippen LogP contribution is -2.55. The van der Waals surface area contributed by atoms with Crippen molar-refractivity contribution < 1.29 is 22.7 Å². The first kappa shape index (κ1) is 31.7. The Hall–Kier alpha value is -3.85. The molecule has 0 aliphatic rings. The van der Waals surface area contributed by atoms with E-state index in [0.29, 0.717) is 24.5 Å². The van der Waals surface area contributed by atoms with Crippen LogP contribution < -0.4 is 14.4 Å². The first-order valence-electron chi connectivity index (χ1n) is 13.7. The second-order valence-corrected chi connectivity index (χ2v) is 13.1. The predicted molar refractivity (Wildman–Crippen MR) is 163 cm³/mol. The Labute approximate surface area is 244 Å². The third kappa shape index (κ3) is 9.35. The van der Waals surface area contributed by atoms with Crippen molar-refractivity contribution in [1.82, 2.24) is 10.2 Å². The average Bonchev–Trinajstić information content (AvgIpc) is 2.90. The number of sulfonamides is 1. The molecule has 41 heavy (non-hydrogen) atoms. The SMILES string of the molecule is CC[C@H](C(=O)NC(C)(C)C)N(Cc1ccccc1C)C(=O)CN(c1ccc(OCc2ccccc2)cc1)S(C)(=O)=O. The van der Waals surface area contributed by atoms with Crippen molar-refractivity contribution in [2.24, 2.45) is 0 Å². The summed E-state index contributed by atoms with van der Waals surface area (Å²) in [7, 11) is -3.83. The molecule has 0 aliphatic heterocycles. The summed E-state index contributed by atoms with van der Waals surface area (Å²) in [6.45, 7) is 9.51. The molecule has 0 bridgehead atoms. The lowest BCUT2D eigenvalue weighted by molar-refractivity contribution is -0.141. The Kier molecular flexibility index (Phi) is 10.6. The molecule has 0 radical (unpaired) electrons. The van der Waals surface area contributed by atoms with Gasteiger partial charge in [0.15, 0.2) is 0 Å². The highest BCUT2D eigenvalue weighted by Crippen LogP contribution is 2.24. The van der Waals surface area contributed by atoms with Crippen LogP contribution in [0.25, 0.3) is 0 Å². The van der Waals surface area contributed by atoms with E-state index in [1.54, 1.807) is 24.3 Å². The van der Waals surface area contributed by atoms with Crippen LogP contribution >= 0.6 is 0 Å². The van der Waals surface area contributed by atoms with E-state index in [1.807, 2.05) is 89.2 Å². The van der Waals surface area contributed by atoms with Crippen molar-refractivity contribution in [1.29, 1.82) is 0 Å². The number of aryl methyl sites for hydroxylation is 1. The Morgan fingerprint density at radius 2 is 1.54 bits per heavy atom. The van der Waals surface area contributed by atoms with E-state index in [9.17, 15) is 18.0 Å². The Bertz CT molecular complexity index is 1420. The quantitative estimate of drug-likeness (QED) is 0.324. The van der Waals surface area contributed by atoms with Gasteiger partial charge in [0.05, 0.1) is 11.9 Å². The van der Waals surface area contributed by atoms with E-state index in [4.69, 9.17) is 4.74 Å². The third-order valence-corrected chi connectivity index (χ3v) is 7.68. The molecule has 3 rings (SSSR count). The van der Waals surface area contributed by atoms with Crippen molar-refractivity contribution in [2.45, 2.75) is 65.8 Å². The van der Waals surface area contributed by atoms with Crippen LogP contribution in [0.2, 0.25) is 0 Å². The number of nitrogens with zero attached hydrogens (tertiary/aromatic N) is 2. The molecule has 0 fully saturated rings. The zero-order valence-corrected chi connectivity index (χ0v) is 25.6. The highest BCUT2D eigenvalue weighted by molar-refractivity contribution is 7.92. The largest absolute Gasteiger partial charge is 0.489 e. The molecule has 1 atom stereocenters. The number of anilines is 1. The number of benzene rings is 3. The van der Waals surface area contributed by atoms with Crippen LogP contribution in [0.3, 0.4) is 0 Å². The van der Waals surface area contributed by atoms with E-state index in [2.05, 4.69) is 5.32 Å². The third-order valence-electron chi connectivity index (χ3n) is 6.54. The van der Waals surface area contributed by atoms with Crippen LogP contribution in [0, 0.1) is 6.92 Å². The van der Waals surface area contributed by atoms with Gasteiger partial charge in [-0.1, -0.05) is 61.5 Å². The minimum absolute atomic E-state index is 0.172. The standard InChI is InChI=1S/C32H41N3O5S/c1-7-29(31(37)33-32(3,4)5)34(21-26-16-12-11-13-24(26)2)30(36)22-35(41(6,38)39)27-17-19-28(20-18-27)40-23-25-14-9-8-10-15-25/h8-20,29H,7,21-23H2,1-6H3,(H,33,37)/t29-/m1/s1. The highest BCUT2D eigenvalue weighted by atomic mass is 32.2. The Morgan fingerprint density at radius 1 is 0.927 bits per heavy atom. The van der Waals surface area contributed by atoms with Crippen LogP contribution in [-0.4, -0.2) is 49.5 Å². The summed E-state index contributed by atoms with van der Waals surface area (Å²) >= 11 is 0. The van der Waals surface area contributed by atoms with Gasteiger partial charge >= 0.3 is 0 Å². The summed E-state index contributed by atoms with van der Waals surface area (Å²) in [6, 6.07) is 23.2. The normalized spacial score (nSPS) is 12.3. The molecule has 0 aromatic heterocycles. The van der Waals surface area contributed by atoms with E-state index < -0.39 is 34.1 Å². The molecule has 0 unspecified atom stereocenters. The van der Waals surface area contributed by atoms with Crippen LogP contribution in [0.15, 0.2) is 78.9 Å². The van der Waals surface area contributed by atoms with Crippen molar-refractivity contribution in [3.05, 3.63) is 95.6 Å². The van der Waals surface area contributed by atoms with Gasteiger partial charge in [-0.25, -0.2) is 8.42 Å². The number of carbonyl (C=O) groups is 2. The predicted octanol–water partition coefficient (Wildman–Crippen LogP) is 5.06. The lowest BCUT2D eigenvalue weighted by atomic mass is 10.0. The van der Waals surface area contributed by atoms with Gasteiger partial charge in [0.1, 0.15) is 24.9 Å². The molecule has 8 nitrogen and oxygen atoms in total. The zero-order valence-electron chi connectivity index (χ0n) is 24.8. The first-order valence-corrected chi connectivity index (χ1v) is 15.5. The lowest BCUT2D eigenvalue weighted by Gasteiger charge is -2.34. The van der Waals surface area contributed by atoms with E-state index in [-0.39, 0.29) is 12.5 Å². The van der Waals surface area contributed by atoms with Gasteiger partial charge in [-0.2, -0.15) is 0 Å². The number of carbonyl (C=O) groups excluding carboxylic acids is 2. The number of ether oxygens (including phenoxy) is 1. The van der Waals surface area contributed by atoms with E-state index in [0.717, 1.165) is 27.3 Å². The van der Waals surface area contributed by atoms with Crippen molar-refractivity contribution in [3.63, 3.8) is 0 Å². The topological polar surface area (TPSA) is 96.0 Å². The summed E-state index contributed by atoms with van der Waals surface area (Å²) < 4.78 is 32.7. The van der Waals surface area contributed by atoms with Crippen LogP contribution in [0.1, 0.15) is 50.8 Å². The molecule has 220 valence electrons. The van der Waals surface area contributed by atoms with Crippen molar-refractivity contribution in [3.8, 4) is 5.75 Å². The second kappa shape index (κ2) is 13.7. The molecule has 0 spiro atoms. The monoisotopic (exact) mass is 579 g/mol. The maximum Gasteiger partial charge on any atom is 0.244 e. The zero-order chi connectivity index (χ0) is 30.2. The van der Waals surface area contributed by atoms with Crippen LogP contribution in [0.4, 0.5) is 5.69 Å². The van der Waals surface area contributed by atoms with Crippen LogP contribution in [-0.2, 0) is 32.8 Å². The summed E-state index contributed by atoms with van der Waals surface area (Å²) in [5.74, 6) is -0.185. The fourth-order valence-electron chi connectivity index (χ4n) is 4.41. The average molecular weight is 580 g/mol. The van der Waals surface area contributed by atoms with Crippen molar-refractivity contribution in [2.75, 3.05) is 17.1 Å². The number of hydrogen-bond acceptors (Lipinski definition) is 5. The Morgan fingerprint density at radius 3 is 2.10 bits per heavy atom. The van der Waals surface area contributed by atoms with Gasteiger partial charge in [-0.05, 0) is 75.1 Å². The minimum Gasteiger partial charge on any atom is -0.489 e. The van der Waals surface area contributed by atoms with Gasteiger partial charge in [0.25, 0.3) is 0 Å². The fraction of sp³-hybridized carbons (Fsp3) is 0.375. The summed E-state index contributed by atoms with van der Waals surface area (Å²) in [6.07, 6.45) is 1.43. The number of amides is 2. The van der Waals surface area contributed by atoms with Gasteiger partial charge in [-0.3, -0.25) is 13.9 Å². The summed E-state index contributed by atoms with van der Waals surface area (Å²) in [4.78, 5) is 28.7. The Balaban J connectivity index is 1.87. The molecule has 0 aliphatic carbocycles. The molecular formula is C32H41N3O5S. The minimum atomic E-state index is -3.83. The molecule has 0 saturated carbocycles. The summed E-state index contributed by atoms with van der Waals surface area (Å²) in [5.41, 5.74) is 2.70. The maximum absolute atomic E-state index is 13.9. The van der Waals surface area contributed by atoms with E-state index in [1.165, 1.54) is 4.90 Å². The van der Waals surface area contributed by atoms with Crippen molar-refractivity contribution >= 4 is 27.5 Å². The van der Waals surface area contributed by atoms with Gasteiger partial charge in [0.2, 0.25) is 21.8 Å². The van der Waals surface area contributed by atoms with Gasteiger partial charge in [-0.15, -0.1) is 0 Å². The molecule has 9 heteroatoms. The number of hydrogen-bond donors (Lipinski definition) is 1. The smallest absolute Gasteiger partial charge is 0.244 e. The van der Waals surface area contributed by atoms with Gasteiger partial charge < -0.3 is 15.0 Å². The first-order chi connectivity index (χ1) is 19.3. The molecule has 3 aromatic carbocycles. The highest BCUT2D eigenvalue weighted by Gasteiger charge is 2.33. The molecule has 0 saturated heterocycles. The number of nitrogens with one attached hydrogen (secondary N) is 1. The second-order valence-electron chi connectivity index (χ2n) is 11.1. The van der Waals surface area contributed by atoms with E-state index >= 15 is 0 Å². The molecule has 1 N–H and O–H groups in total. The molecule has 2 amide bonds. The molecular weight excluding hydrogens is 538 g/mol.